The highest BCUT2D eigenvalue weighted by Gasteiger charge is 2.46. The van der Waals surface area contributed by atoms with Gasteiger partial charge in [-0.25, -0.2) is 0 Å². The zero-order valence-electron chi connectivity index (χ0n) is 15.8. The summed E-state index contributed by atoms with van der Waals surface area (Å²) in [6, 6.07) is 6.28. The Morgan fingerprint density at radius 1 is 1.31 bits per heavy atom. The van der Waals surface area contributed by atoms with E-state index in [-0.39, 0.29) is 6.04 Å². The Labute approximate surface area is 160 Å². The van der Waals surface area contributed by atoms with Crippen LogP contribution in [0.5, 0.6) is 5.75 Å². The van der Waals surface area contributed by atoms with E-state index >= 15 is 0 Å². The number of hydrogen-bond donors (Lipinski definition) is 1. The van der Waals surface area contributed by atoms with Gasteiger partial charge in [0.2, 0.25) is 0 Å². The van der Waals surface area contributed by atoms with Gasteiger partial charge in [-0.15, -0.1) is 0 Å². The van der Waals surface area contributed by atoms with Crippen LogP contribution in [0.2, 0.25) is 6.82 Å². The summed E-state index contributed by atoms with van der Waals surface area (Å²) in [5.74, 6) is 0.846. The third-order valence-electron chi connectivity index (χ3n) is 5.69. The van der Waals surface area contributed by atoms with Crippen LogP contribution in [-0.2, 0) is 11.2 Å². The van der Waals surface area contributed by atoms with Crippen LogP contribution >= 0.6 is 0 Å². The molecule has 7 radical (unpaired) electrons. The summed E-state index contributed by atoms with van der Waals surface area (Å²) < 4.78 is 10.7. The molecule has 1 fully saturated rings. The standard InChI is InChI=1S/C18H23B4N2O2/c1-22-18(21,17(19,20)26-3)24-8-4-5-13(24)9-12-11-23-16-7-6-14(25-2)10-15(12)16/h6-7,10-11,13,23H,4-5,8-9H2,1-3H3. The first-order chi connectivity index (χ1) is 12.4. The van der Waals surface area contributed by atoms with Crippen LogP contribution in [0.15, 0.2) is 24.4 Å². The molecule has 8 heteroatoms. The summed E-state index contributed by atoms with van der Waals surface area (Å²) in [7, 11) is 24.0. The normalized spacial score (nSPS) is 21.0. The van der Waals surface area contributed by atoms with Crippen molar-refractivity contribution in [1.82, 2.24) is 9.88 Å². The van der Waals surface area contributed by atoms with Crippen molar-refractivity contribution in [1.29, 1.82) is 0 Å². The highest BCUT2D eigenvalue weighted by Crippen LogP contribution is 2.34. The molecule has 0 aliphatic carbocycles. The lowest BCUT2D eigenvalue weighted by Crippen LogP contribution is -2.70. The first-order valence-electron chi connectivity index (χ1n) is 8.99. The largest absolute Gasteiger partial charge is 0.497 e. The molecule has 4 nitrogen and oxygen atoms in total. The van der Waals surface area contributed by atoms with Crippen LogP contribution in [0.4, 0.5) is 0 Å². The molecule has 2 aromatic rings. The minimum absolute atomic E-state index is 0.225. The monoisotopic (exact) mass is 343 g/mol. The van der Waals surface area contributed by atoms with Gasteiger partial charge >= 0.3 is 0 Å². The second-order valence-corrected chi connectivity index (χ2v) is 7.03. The molecule has 1 saturated heterocycles. The average Bonchev–Trinajstić information content (AvgIpc) is 3.28. The molecule has 2 heterocycles. The van der Waals surface area contributed by atoms with E-state index in [1.807, 2.05) is 26.2 Å². The zero-order valence-corrected chi connectivity index (χ0v) is 15.8. The molecule has 2 unspecified atom stereocenters. The number of fused-ring (bicyclic) bond motifs is 1. The number of methoxy groups -OCH3 is 2. The first-order valence-corrected chi connectivity index (χ1v) is 8.99. The van der Waals surface area contributed by atoms with Crippen molar-refractivity contribution in [3.63, 3.8) is 0 Å². The van der Waals surface area contributed by atoms with Crippen molar-refractivity contribution in [2.75, 3.05) is 20.8 Å². The van der Waals surface area contributed by atoms with E-state index in [2.05, 4.69) is 22.1 Å². The zero-order chi connectivity index (χ0) is 18.9. The van der Waals surface area contributed by atoms with Crippen LogP contribution in [0.3, 0.4) is 0 Å². The summed E-state index contributed by atoms with van der Waals surface area (Å²) in [6.45, 7) is 2.70. The number of hydrogen-bond acceptors (Lipinski definition) is 3. The number of nitrogens with one attached hydrogen (secondary N) is 1. The van der Waals surface area contributed by atoms with Gasteiger partial charge in [0, 0.05) is 30.3 Å². The molecule has 1 aromatic heterocycles. The van der Waals surface area contributed by atoms with Crippen LogP contribution in [-0.4, -0.2) is 78.2 Å². The van der Waals surface area contributed by atoms with Gasteiger partial charge in [0.25, 0.3) is 0 Å². The highest BCUT2D eigenvalue weighted by atomic mass is 16.5. The lowest BCUT2D eigenvalue weighted by atomic mass is 9.33. The summed E-state index contributed by atoms with van der Waals surface area (Å²) in [5, 5.41) is -1.35. The van der Waals surface area contributed by atoms with Crippen LogP contribution in [0.1, 0.15) is 18.4 Å². The SMILES string of the molecule is [B]C([B])(OC)C([B])([B]C)N1CCCC1Cc1c[nH]c2ccc(OC)cc12. The van der Waals surface area contributed by atoms with Crippen molar-refractivity contribution in [3.05, 3.63) is 30.0 Å². The minimum Gasteiger partial charge on any atom is -0.497 e. The molecule has 3 rings (SSSR count). The van der Waals surface area contributed by atoms with Gasteiger partial charge < -0.3 is 19.4 Å². The second kappa shape index (κ2) is 7.40. The van der Waals surface area contributed by atoms with E-state index in [0.29, 0.717) is 0 Å². The fourth-order valence-electron chi connectivity index (χ4n) is 4.02. The number of aromatic amines is 1. The number of ether oxygens (including phenoxy) is 2. The Morgan fingerprint density at radius 2 is 2.08 bits per heavy atom. The van der Waals surface area contributed by atoms with Crippen molar-refractivity contribution >= 4 is 41.7 Å². The molecular formula is C18H23B4N2O2. The number of likely N-dealkylation sites (tertiary alicyclic amines) is 1. The molecule has 1 aliphatic rings. The minimum atomic E-state index is -1.46. The van der Waals surface area contributed by atoms with E-state index in [9.17, 15) is 0 Å². The number of rotatable bonds is 7. The van der Waals surface area contributed by atoms with Crippen molar-refractivity contribution in [2.24, 2.45) is 0 Å². The smallest absolute Gasteiger partial charge is 0.123 e. The molecular weight excluding hydrogens is 319 g/mol. The molecule has 0 amide bonds. The first kappa shape index (κ1) is 19.5. The lowest BCUT2D eigenvalue weighted by molar-refractivity contribution is 0.0428. The van der Waals surface area contributed by atoms with Gasteiger partial charge in [0.1, 0.15) is 13.0 Å². The Balaban J connectivity index is 1.90. The van der Waals surface area contributed by atoms with Crippen molar-refractivity contribution in [3.8, 4) is 5.75 Å². The molecule has 1 N–H and O–H groups in total. The Bertz CT molecular complexity index is 767. The average molecular weight is 343 g/mol. The Kier molecular flexibility index (Phi) is 5.55. The van der Waals surface area contributed by atoms with E-state index in [4.69, 9.17) is 33.0 Å². The number of H-pyrrole nitrogens is 1. The summed E-state index contributed by atoms with van der Waals surface area (Å²) in [6.07, 6.45) is 4.98. The Morgan fingerprint density at radius 3 is 2.73 bits per heavy atom. The molecule has 2 atom stereocenters. The van der Waals surface area contributed by atoms with Crippen LogP contribution < -0.4 is 4.74 Å². The number of nitrogens with zero attached hydrogens (tertiary/aromatic N) is 1. The predicted octanol–water partition coefficient (Wildman–Crippen LogP) is 1.40. The summed E-state index contributed by atoms with van der Waals surface area (Å²) >= 11 is 0. The van der Waals surface area contributed by atoms with Gasteiger partial charge in [-0.2, -0.15) is 0 Å². The highest BCUT2D eigenvalue weighted by molar-refractivity contribution is 6.61. The maximum absolute atomic E-state index is 6.64. The molecule has 0 spiro atoms. The maximum atomic E-state index is 6.64. The van der Waals surface area contributed by atoms with Gasteiger partial charge in [-0.05, 0) is 60.3 Å². The van der Waals surface area contributed by atoms with Gasteiger partial charge in [0.05, 0.1) is 30.6 Å². The van der Waals surface area contributed by atoms with Gasteiger partial charge in [0.15, 0.2) is 0 Å². The van der Waals surface area contributed by atoms with Gasteiger partial charge in [-0.3, -0.25) is 0 Å². The lowest BCUT2D eigenvalue weighted by Gasteiger charge is -2.53. The molecule has 1 aliphatic heterocycles. The number of benzene rings is 1. The third-order valence-corrected chi connectivity index (χ3v) is 5.69. The van der Waals surface area contributed by atoms with Crippen molar-refractivity contribution < 1.29 is 9.47 Å². The predicted molar refractivity (Wildman–Crippen MR) is 110 cm³/mol. The van der Waals surface area contributed by atoms with Crippen LogP contribution in [0.25, 0.3) is 10.9 Å². The summed E-state index contributed by atoms with van der Waals surface area (Å²) in [5.41, 5.74) is 2.32. The van der Waals surface area contributed by atoms with E-state index < -0.39 is 10.7 Å². The Hall–Kier alpha value is -1.26. The molecule has 0 bridgehead atoms. The van der Waals surface area contributed by atoms with Crippen LogP contribution in [0, 0.1) is 0 Å². The topological polar surface area (TPSA) is 37.5 Å². The molecule has 26 heavy (non-hydrogen) atoms. The van der Waals surface area contributed by atoms with Gasteiger partial charge in [-0.1, -0.05) is 6.82 Å². The summed E-state index contributed by atoms with van der Waals surface area (Å²) in [4.78, 5) is 5.51. The third kappa shape index (κ3) is 3.22. The molecule has 0 saturated carbocycles. The fraction of sp³-hybridized carbons (Fsp3) is 0.556. The van der Waals surface area contributed by atoms with E-state index in [1.54, 1.807) is 7.11 Å². The second-order valence-electron chi connectivity index (χ2n) is 7.03. The molecule has 1 aromatic carbocycles. The molecule has 129 valence electrons. The van der Waals surface area contributed by atoms with E-state index in [1.165, 1.54) is 12.7 Å². The fourth-order valence-corrected chi connectivity index (χ4v) is 4.02. The quantitative estimate of drug-likeness (QED) is 0.773. The van der Waals surface area contributed by atoms with Crippen molar-refractivity contribution in [2.45, 2.75) is 42.9 Å². The van der Waals surface area contributed by atoms with E-state index in [0.717, 1.165) is 42.5 Å². The maximum Gasteiger partial charge on any atom is 0.123 e. The number of aromatic nitrogens is 1.